The van der Waals surface area contributed by atoms with Crippen molar-refractivity contribution in [1.82, 2.24) is 4.90 Å². The van der Waals surface area contributed by atoms with Gasteiger partial charge in [-0.15, -0.1) is 0 Å². The van der Waals surface area contributed by atoms with Crippen LogP contribution in [0.4, 0.5) is 4.79 Å². The first-order valence-corrected chi connectivity index (χ1v) is 13.9. The summed E-state index contributed by atoms with van der Waals surface area (Å²) in [7, 11) is -1.68. The van der Waals surface area contributed by atoms with Crippen LogP contribution in [0, 0.1) is 11.3 Å². The number of piperidine rings is 1. The van der Waals surface area contributed by atoms with Gasteiger partial charge in [-0.1, -0.05) is 58.0 Å². The second-order valence-corrected chi connectivity index (χ2v) is 13.6. The second kappa shape index (κ2) is 9.37. The van der Waals surface area contributed by atoms with Crippen molar-refractivity contribution in [3.63, 3.8) is 0 Å². The van der Waals surface area contributed by atoms with E-state index in [4.69, 9.17) is 9.16 Å². The van der Waals surface area contributed by atoms with Gasteiger partial charge in [0.15, 0.2) is 0 Å². The van der Waals surface area contributed by atoms with Crippen LogP contribution < -0.4 is 0 Å². The second-order valence-electron chi connectivity index (χ2n) is 8.87. The number of carbonyl (C=O) groups excluding carboxylic acids is 1. The van der Waals surface area contributed by atoms with Crippen LogP contribution >= 0.6 is 0 Å². The lowest BCUT2D eigenvalue weighted by molar-refractivity contribution is 0.0589. The summed E-state index contributed by atoms with van der Waals surface area (Å²) in [6.45, 7) is 11.0. The first-order valence-electron chi connectivity index (χ1n) is 11.3. The molecule has 1 atom stereocenters. The Labute approximate surface area is 177 Å². The topological polar surface area (TPSA) is 38.8 Å². The van der Waals surface area contributed by atoms with Crippen molar-refractivity contribution in [3.05, 3.63) is 47.7 Å². The minimum Gasteiger partial charge on any atom is -0.546 e. The lowest BCUT2D eigenvalue weighted by Gasteiger charge is -2.43. The monoisotopic (exact) mass is 415 g/mol. The molecule has 1 saturated heterocycles. The fraction of sp³-hybridized carbons (Fsp3) is 0.625. The zero-order valence-corrected chi connectivity index (χ0v) is 19.6. The van der Waals surface area contributed by atoms with Crippen molar-refractivity contribution >= 4 is 14.4 Å². The molecule has 1 aliphatic carbocycles. The highest BCUT2D eigenvalue weighted by Gasteiger charge is 2.47. The molecular formula is C24H37NO3Si. The van der Waals surface area contributed by atoms with E-state index < -0.39 is 8.32 Å². The molecule has 0 bridgehead atoms. The highest BCUT2D eigenvalue weighted by Crippen LogP contribution is 2.51. The van der Waals surface area contributed by atoms with Gasteiger partial charge in [0.05, 0.1) is 5.76 Å². The Balaban J connectivity index is 1.60. The molecule has 0 aromatic heterocycles. The molecular weight excluding hydrogens is 378 g/mol. The molecule has 0 N–H and O–H groups in total. The van der Waals surface area contributed by atoms with Crippen molar-refractivity contribution in [2.24, 2.45) is 11.3 Å². The molecule has 1 aromatic rings. The van der Waals surface area contributed by atoms with Crippen molar-refractivity contribution in [2.45, 2.75) is 71.7 Å². The van der Waals surface area contributed by atoms with Gasteiger partial charge in [-0.3, -0.25) is 0 Å². The number of nitrogens with zero attached hydrogens (tertiary/aromatic N) is 1. The molecule has 1 aliphatic heterocycles. The van der Waals surface area contributed by atoms with Crippen LogP contribution in [0.5, 0.6) is 0 Å². The van der Waals surface area contributed by atoms with Gasteiger partial charge >= 0.3 is 6.09 Å². The Morgan fingerprint density at radius 2 is 1.72 bits per heavy atom. The molecule has 1 aromatic carbocycles. The quantitative estimate of drug-likeness (QED) is 0.487. The molecule has 3 rings (SSSR count). The zero-order chi connectivity index (χ0) is 20.9. The summed E-state index contributed by atoms with van der Waals surface area (Å²) in [6.07, 6.45) is 5.29. The average molecular weight is 416 g/mol. The molecule has 160 valence electrons. The first kappa shape index (κ1) is 21.9. The molecule has 1 heterocycles. The van der Waals surface area contributed by atoms with E-state index in [9.17, 15) is 4.79 Å². The molecule has 1 amide bonds. The van der Waals surface area contributed by atoms with Crippen LogP contribution in [0.15, 0.2) is 42.2 Å². The summed E-state index contributed by atoms with van der Waals surface area (Å²) in [4.78, 5) is 14.4. The predicted octanol–water partition coefficient (Wildman–Crippen LogP) is 6.35. The molecule has 2 aliphatic rings. The predicted molar refractivity (Wildman–Crippen MR) is 120 cm³/mol. The Bertz CT molecular complexity index is 698. The Hall–Kier alpha value is -1.75. The molecule has 1 fully saturated rings. The zero-order valence-electron chi connectivity index (χ0n) is 18.6. The molecule has 29 heavy (non-hydrogen) atoms. The van der Waals surface area contributed by atoms with E-state index in [-0.39, 0.29) is 11.5 Å². The largest absolute Gasteiger partial charge is 0.546 e. The van der Waals surface area contributed by atoms with Crippen LogP contribution in [-0.4, -0.2) is 32.4 Å². The number of rotatable bonds is 7. The minimum atomic E-state index is -1.68. The molecule has 5 heteroatoms. The van der Waals surface area contributed by atoms with Crippen LogP contribution in [0.2, 0.25) is 18.1 Å². The summed E-state index contributed by atoms with van der Waals surface area (Å²) in [5, 5.41) is 0. The van der Waals surface area contributed by atoms with Gasteiger partial charge in [0.2, 0.25) is 8.32 Å². The number of ether oxygens (including phenoxy) is 1. The maximum atomic E-state index is 12.6. The Kier molecular flexibility index (Phi) is 7.09. The van der Waals surface area contributed by atoms with Crippen molar-refractivity contribution in [1.29, 1.82) is 0 Å². The number of hydrogen-bond acceptors (Lipinski definition) is 3. The fourth-order valence-electron chi connectivity index (χ4n) is 4.93. The van der Waals surface area contributed by atoms with Crippen LogP contribution in [0.25, 0.3) is 0 Å². The third-order valence-electron chi connectivity index (χ3n) is 7.11. The highest BCUT2D eigenvalue weighted by molar-refractivity contribution is 6.73. The first-order chi connectivity index (χ1) is 14.0. The van der Waals surface area contributed by atoms with E-state index in [0.717, 1.165) is 37.9 Å². The van der Waals surface area contributed by atoms with Gasteiger partial charge in [0.25, 0.3) is 0 Å². The lowest BCUT2D eigenvalue weighted by atomic mass is 9.76. The normalized spacial score (nSPS) is 21.2. The van der Waals surface area contributed by atoms with E-state index in [1.165, 1.54) is 23.9 Å². The van der Waals surface area contributed by atoms with Crippen LogP contribution in [0.3, 0.4) is 0 Å². The Morgan fingerprint density at radius 1 is 1.10 bits per heavy atom. The van der Waals surface area contributed by atoms with Crippen molar-refractivity contribution in [2.75, 3.05) is 13.1 Å². The summed E-state index contributed by atoms with van der Waals surface area (Å²) in [6, 6.07) is 13.4. The number of amides is 1. The van der Waals surface area contributed by atoms with Crippen molar-refractivity contribution < 1.29 is 14.0 Å². The van der Waals surface area contributed by atoms with E-state index in [0.29, 0.717) is 12.5 Å². The van der Waals surface area contributed by atoms with Crippen LogP contribution in [0.1, 0.15) is 52.5 Å². The molecule has 1 spiro atoms. The molecule has 0 radical (unpaired) electrons. The number of hydrogen-bond donors (Lipinski definition) is 0. The van der Waals surface area contributed by atoms with E-state index in [1.807, 2.05) is 35.2 Å². The highest BCUT2D eigenvalue weighted by atomic mass is 28.4. The number of benzene rings is 1. The van der Waals surface area contributed by atoms with E-state index in [1.54, 1.807) is 0 Å². The van der Waals surface area contributed by atoms with Gasteiger partial charge in [-0.25, -0.2) is 4.79 Å². The lowest BCUT2D eigenvalue weighted by Crippen LogP contribution is -2.45. The van der Waals surface area contributed by atoms with Gasteiger partial charge in [0, 0.05) is 18.5 Å². The molecule has 0 unspecified atom stereocenters. The summed E-state index contributed by atoms with van der Waals surface area (Å²) in [5.41, 5.74) is 1.14. The van der Waals surface area contributed by atoms with Gasteiger partial charge in [-0.2, -0.15) is 0 Å². The van der Waals surface area contributed by atoms with Crippen LogP contribution in [-0.2, 0) is 15.8 Å². The third kappa shape index (κ3) is 4.88. The standard InChI is InChI=1S/C24H37NO3Si/c1-5-29(6-2,7-3)28-22-17-20(4)18-24(22)13-15-25(16-14-24)23(26)27-19-21-11-9-8-10-12-21/h8-12,17,20H,5-7,13-16,18-19H2,1-4H3/t20-/m1/s1. The Morgan fingerprint density at radius 3 is 2.31 bits per heavy atom. The number of likely N-dealkylation sites (tertiary alicyclic amines) is 1. The van der Waals surface area contributed by atoms with Gasteiger partial charge < -0.3 is 14.1 Å². The van der Waals surface area contributed by atoms with E-state index >= 15 is 0 Å². The smallest absolute Gasteiger partial charge is 0.410 e. The third-order valence-corrected chi connectivity index (χ3v) is 11.6. The number of allylic oxidation sites excluding steroid dienone is 2. The number of carbonyl (C=O) groups is 1. The van der Waals surface area contributed by atoms with E-state index in [2.05, 4.69) is 33.8 Å². The van der Waals surface area contributed by atoms with Gasteiger partial charge in [-0.05, 0) is 55.0 Å². The molecule has 4 nitrogen and oxygen atoms in total. The maximum absolute atomic E-state index is 12.6. The summed E-state index contributed by atoms with van der Waals surface area (Å²) >= 11 is 0. The minimum absolute atomic E-state index is 0.118. The summed E-state index contributed by atoms with van der Waals surface area (Å²) < 4.78 is 12.4. The average Bonchev–Trinajstić information content (AvgIpc) is 3.05. The maximum Gasteiger partial charge on any atom is 0.410 e. The van der Waals surface area contributed by atoms with Crippen molar-refractivity contribution in [3.8, 4) is 0 Å². The molecule has 0 saturated carbocycles. The fourth-order valence-corrected chi connectivity index (χ4v) is 7.62. The summed E-state index contributed by atoms with van der Waals surface area (Å²) in [5.74, 6) is 1.80. The SMILES string of the molecule is CC[Si](CC)(CC)OC1=C[C@@H](C)CC12CCN(C(=O)OCc1ccccc1)CC2. The van der Waals surface area contributed by atoms with Gasteiger partial charge in [0.1, 0.15) is 6.61 Å².